The number of hydrogen-bond donors (Lipinski definition) is 1. The van der Waals surface area contributed by atoms with Crippen molar-refractivity contribution < 1.29 is 19.1 Å². The summed E-state index contributed by atoms with van der Waals surface area (Å²) in [6, 6.07) is 5.98. The van der Waals surface area contributed by atoms with E-state index < -0.39 is 5.97 Å². The molecule has 150 valence electrons. The Hall–Kier alpha value is -2.48. The van der Waals surface area contributed by atoms with Gasteiger partial charge in [-0.25, -0.2) is 4.79 Å². The third kappa shape index (κ3) is 4.86. The normalized spacial score (nSPS) is 18.1. The Morgan fingerprint density at radius 3 is 2.71 bits per heavy atom. The zero-order chi connectivity index (χ0) is 20.1. The highest BCUT2D eigenvalue weighted by molar-refractivity contribution is 8.04. The van der Waals surface area contributed by atoms with E-state index in [2.05, 4.69) is 16.3 Å². The van der Waals surface area contributed by atoms with Crippen LogP contribution in [-0.2, 0) is 19.1 Å². The molecule has 0 radical (unpaired) electrons. The van der Waals surface area contributed by atoms with E-state index in [4.69, 9.17) is 4.74 Å². The molecule has 1 aromatic rings. The Morgan fingerprint density at radius 2 is 2.04 bits per heavy atom. The molecule has 0 unspecified atom stereocenters. The zero-order valence-electron chi connectivity index (χ0n) is 16.2. The van der Waals surface area contributed by atoms with Crippen LogP contribution in [0.1, 0.15) is 25.3 Å². The Balaban J connectivity index is 1.64. The van der Waals surface area contributed by atoms with E-state index in [-0.39, 0.29) is 30.7 Å². The number of hydrogen-bond acceptors (Lipinski definition) is 6. The predicted octanol–water partition coefficient (Wildman–Crippen LogP) is 2.51. The van der Waals surface area contributed by atoms with Gasteiger partial charge in [0.15, 0.2) is 0 Å². The molecule has 2 aliphatic rings. The van der Waals surface area contributed by atoms with Crippen LogP contribution in [0.25, 0.3) is 0 Å². The third-order valence-corrected chi connectivity index (χ3v) is 5.72. The summed E-state index contributed by atoms with van der Waals surface area (Å²) >= 11 is 1.23. The van der Waals surface area contributed by atoms with Crippen LogP contribution in [0.15, 0.2) is 29.3 Å². The largest absolute Gasteiger partial charge is 0.463 e. The molecule has 7 nitrogen and oxygen atoms in total. The van der Waals surface area contributed by atoms with Gasteiger partial charge >= 0.3 is 5.97 Å². The molecule has 2 amide bonds. The summed E-state index contributed by atoms with van der Waals surface area (Å²) in [6.07, 6.45) is 3.69. The topological polar surface area (TPSA) is 79.0 Å². The van der Waals surface area contributed by atoms with Crippen LogP contribution in [-0.4, -0.2) is 54.7 Å². The van der Waals surface area contributed by atoms with Crippen LogP contribution >= 0.6 is 11.8 Å². The molecule has 0 spiro atoms. The maximum absolute atomic E-state index is 12.5. The number of thioether (sulfide) groups is 1. The number of benzene rings is 1. The van der Waals surface area contributed by atoms with Crippen LogP contribution in [0.5, 0.6) is 0 Å². The SMILES string of the molecule is CCOC(=O)/C=C1\SCC(=O)N1CC(=O)Nc1ccc(N2CCCC2)cc1C. The maximum atomic E-state index is 12.5. The van der Waals surface area contributed by atoms with Crippen molar-refractivity contribution in [1.82, 2.24) is 4.90 Å². The van der Waals surface area contributed by atoms with E-state index in [9.17, 15) is 14.4 Å². The van der Waals surface area contributed by atoms with E-state index in [0.29, 0.717) is 5.03 Å². The fourth-order valence-corrected chi connectivity index (χ4v) is 4.21. The molecule has 1 N–H and O–H groups in total. The fraction of sp³-hybridized carbons (Fsp3) is 0.450. The number of amides is 2. The van der Waals surface area contributed by atoms with Crippen LogP contribution < -0.4 is 10.2 Å². The van der Waals surface area contributed by atoms with Crippen molar-refractivity contribution >= 4 is 40.9 Å². The first-order valence-electron chi connectivity index (χ1n) is 9.45. The average molecular weight is 404 g/mol. The summed E-state index contributed by atoms with van der Waals surface area (Å²) in [5.41, 5.74) is 2.86. The molecule has 3 rings (SSSR count). The van der Waals surface area contributed by atoms with Crippen molar-refractivity contribution in [3.63, 3.8) is 0 Å². The zero-order valence-corrected chi connectivity index (χ0v) is 17.0. The molecule has 8 heteroatoms. The Morgan fingerprint density at radius 1 is 1.29 bits per heavy atom. The minimum Gasteiger partial charge on any atom is -0.463 e. The highest BCUT2D eigenvalue weighted by Gasteiger charge is 2.29. The summed E-state index contributed by atoms with van der Waals surface area (Å²) < 4.78 is 4.89. The van der Waals surface area contributed by atoms with Gasteiger partial charge in [-0.3, -0.25) is 14.5 Å². The minimum absolute atomic E-state index is 0.135. The van der Waals surface area contributed by atoms with Gasteiger partial charge in [-0.05, 0) is 50.5 Å². The van der Waals surface area contributed by atoms with Gasteiger partial charge in [0.1, 0.15) is 6.54 Å². The van der Waals surface area contributed by atoms with Crippen molar-refractivity contribution in [2.45, 2.75) is 26.7 Å². The van der Waals surface area contributed by atoms with Crippen molar-refractivity contribution in [1.29, 1.82) is 0 Å². The van der Waals surface area contributed by atoms with E-state index in [1.54, 1.807) is 6.92 Å². The monoisotopic (exact) mass is 403 g/mol. The first-order valence-corrected chi connectivity index (χ1v) is 10.4. The number of carbonyl (C=O) groups is 3. The van der Waals surface area contributed by atoms with E-state index >= 15 is 0 Å². The second kappa shape index (κ2) is 9.14. The van der Waals surface area contributed by atoms with E-state index in [1.165, 1.54) is 41.3 Å². The molecular formula is C20H25N3O4S. The van der Waals surface area contributed by atoms with Gasteiger partial charge in [0.05, 0.1) is 23.5 Å². The molecule has 2 heterocycles. The molecule has 2 saturated heterocycles. The number of anilines is 2. The maximum Gasteiger partial charge on any atom is 0.333 e. The van der Waals surface area contributed by atoms with Gasteiger partial charge < -0.3 is 15.0 Å². The molecule has 0 aromatic heterocycles. The van der Waals surface area contributed by atoms with Crippen LogP contribution in [0, 0.1) is 6.92 Å². The number of ether oxygens (including phenoxy) is 1. The van der Waals surface area contributed by atoms with Crippen molar-refractivity contribution in [3.8, 4) is 0 Å². The first-order chi connectivity index (χ1) is 13.5. The molecule has 0 aliphatic carbocycles. The lowest BCUT2D eigenvalue weighted by Gasteiger charge is -2.20. The number of aryl methyl sites for hydroxylation is 1. The molecule has 2 fully saturated rings. The predicted molar refractivity (Wildman–Crippen MR) is 110 cm³/mol. The second-order valence-electron chi connectivity index (χ2n) is 6.74. The second-order valence-corrected chi connectivity index (χ2v) is 7.74. The van der Waals surface area contributed by atoms with E-state index in [1.807, 2.05) is 19.1 Å². The van der Waals surface area contributed by atoms with Crippen molar-refractivity contribution in [2.75, 3.05) is 42.2 Å². The summed E-state index contributed by atoms with van der Waals surface area (Å²) in [7, 11) is 0. The van der Waals surface area contributed by atoms with Gasteiger partial charge in [-0.15, -0.1) is 0 Å². The summed E-state index contributed by atoms with van der Waals surface area (Å²) in [6.45, 7) is 5.92. The quantitative estimate of drug-likeness (QED) is 0.581. The smallest absolute Gasteiger partial charge is 0.333 e. The first kappa shape index (κ1) is 20.3. The van der Waals surface area contributed by atoms with Gasteiger partial charge in [0, 0.05) is 24.5 Å². The van der Waals surface area contributed by atoms with Crippen molar-refractivity contribution in [2.24, 2.45) is 0 Å². The average Bonchev–Trinajstić information content (AvgIpc) is 3.29. The van der Waals surface area contributed by atoms with Crippen LogP contribution in [0.2, 0.25) is 0 Å². The summed E-state index contributed by atoms with van der Waals surface area (Å²) in [4.78, 5) is 39.9. The number of carbonyl (C=O) groups excluding carboxylic acids is 3. The lowest BCUT2D eigenvalue weighted by atomic mass is 10.1. The fourth-order valence-electron chi connectivity index (χ4n) is 3.28. The lowest BCUT2D eigenvalue weighted by molar-refractivity contribution is -0.137. The molecule has 0 bridgehead atoms. The Bertz CT molecular complexity index is 803. The lowest BCUT2D eigenvalue weighted by Crippen LogP contribution is -2.34. The summed E-state index contributed by atoms with van der Waals surface area (Å²) in [5.74, 6) is -0.805. The number of nitrogens with one attached hydrogen (secondary N) is 1. The van der Waals surface area contributed by atoms with Crippen LogP contribution in [0.4, 0.5) is 11.4 Å². The Kier molecular flexibility index (Phi) is 6.61. The standard InChI is InChI=1S/C20H25N3O4S/c1-3-27-20(26)11-19-23(18(25)13-28-19)12-17(24)21-16-7-6-15(10-14(16)2)22-8-4-5-9-22/h6-7,10-11H,3-5,8-9,12-13H2,1-2H3,(H,21,24)/b19-11-. The molecule has 0 saturated carbocycles. The molecule has 0 atom stereocenters. The third-order valence-electron chi connectivity index (χ3n) is 4.70. The van der Waals surface area contributed by atoms with Gasteiger partial charge in [-0.1, -0.05) is 11.8 Å². The number of esters is 1. The minimum atomic E-state index is -0.515. The highest BCUT2D eigenvalue weighted by Crippen LogP contribution is 2.29. The van der Waals surface area contributed by atoms with Gasteiger partial charge in [0.2, 0.25) is 11.8 Å². The van der Waals surface area contributed by atoms with Crippen molar-refractivity contribution in [3.05, 3.63) is 34.9 Å². The summed E-state index contributed by atoms with van der Waals surface area (Å²) in [5, 5.41) is 3.31. The van der Waals surface area contributed by atoms with Crippen LogP contribution in [0.3, 0.4) is 0 Å². The van der Waals surface area contributed by atoms with Gasteiger partial charge in [0.25, 0.3) is 0 Å². The molecule has 28 heavy (non-hydrogen) atoms. The Labute approximate surface area is 169 Å². The molecular weight excluding hydrogens is 378 g/mol. The number of rotatable bonds is 6. The molecule has 1 aromatic carbocycles. The molecule has 2 aliphatic heterocycles. The van der Waals surface area contributed by atoms with E-state index in [0.717, 1.165) is 24.3 Å². The highest BCUT2D eigenvalue weighted by atomic mass is 32.2. The number of nitrogens with zero attached hydrogens (tertiary/aromatic N) is 2. The van der Waals surface area contributed by atoms with Gasteiger partial charge in [-0.2, -0.15) is 0 Å².